The summed E-state index contributed by atoms with van der Waals surface area (Å²) in [4.78, 5) is 2.13. The van der Waals surface area contributed by atoms with Crippen LogP contribution in [-0.4, -0.2) is 30.9 Å². The van der Waals surface area contributed by atoms with Crippen LogP contribution in [0.2, 0.25) is 5.02 Å². The molecule has 0 amide bonds. The highest BCUT2D eigenvalue weighted by Crippen LogP contribution is 2.33. The minimum atomic E-state index is 0.00217. The molecular weight excluding hydrogens is 238 g/mol. The van der Waals surface area contributed by atoms with E-state index >= 15 is 0 Å². The standard InChI is InChI=1S/C13H18ClNO2/c1-9-12(6-7-17-9)15(2)13-10(8-16)4-3-5-11(13)14/h3-5,9,12,16H,6-8H2,1-2H3. The monoisotopic (exact) mass is 255 g/mol. The molecule has 2 unspecified atom stereocenters. The van der Waals surface area contributed by atoms with Crippen molar-refractivity contribution in [2.24, 2.45) is 0 Å². The molecule has 0 spiro atoms. The number of hydrogen-bond acceptors (Lipinski definition) is 3. The minimum Gasteiger partial charge on any atom is -0.392 e. The third kappa shape index (κ3) is 2.41. The number of rotatable bonds is 3. The van der Waals surface area contributed by atoms with E-state index in [1.165, 1.54) is 0 Å². The Balaban J connectivity index is 2.32. The van der Waals surface area contributed by atoms with E-state index < -0.39 is 0 Å². The molecule has 0 bridgehead atoms. The van der Waals surface area contributed by atoms with Gasteiger partial charge in [-0.25, -0.2) is 0 Å². The number of aliphatic hydroxyl groups is 1. The molecule has 0 aromatic heterocycles. The third-order valence-corrected chi connectivity index (χ3v) is 3.73. The summed E-state index contributed by atoms with van der Waals surface area (Å²) in [5.41, 5.74) is 1.78. The first-order chi connectivity index (χ1) is 8.15. The van der Waals surface area contributed by atoms with Crippen molar-refractivity contribution in [1.82, 2.24) is 0 Å². The van der Waals surface area contributed by atoms with E-state index in [4.69, 9.17) is 16.3 Å². The van der Waals surface area contributed by atoms with Gasteiger partial charge in [-0.2, -0.15) is 0 Å². The lowest BCUT2D eigenvalue weighted by atomic mass is 10.1. The van der Waals surface area contributed by atoms with Crippen molar-refractivity contribution >= 4 is 17.3 Å². The number of para-hydroxylation sites is 1. The van der Waals surface area contributed by atoms with E-state index in [1.54, 1.807) is 0 Å². The van der Waals surface area contributed by atoms with Gasteiger partial charge in [-0.15, -0.1) is 0 Å². The lowest BCUT2D eigenvalue weighted by Gasteiger charge is -2.31. The van der Waals surface area contributed by atoms with Gasteiger partial charge in [0.05, 0.1) is 29.5 Å². The zero-order valence-corrected chi connectivity index (χ0v) is 10.9. The molecule has 0 aliphatic carbocycles. The summed E-state index contributed by atoms with van der Waals surface area (Å²) in [6.07, 6.45) is 1.19. The number of benzene rings is 1. The van der Waals surface area contributed by atoms with Crippen LogP contribution in [0.4, 0.5) is 5.69 Å². The average molecular weight is 256 g/mol. The van der Waals surface area contributed by atoms with E-state index in [9.17, 15) is 5.11 Å². The first-order valence-corrected chi connectivity index (χ1v) is 6.25. The average Bonchev–Trinajstić information content (AvgIpc) is 2.74. The Hall–Kier alpha value is -0.770. The summed E-state index contributed by atoms with van der Waals surface area (Å²) in [6, 6.07) is 5.94. The second-order valence-electron chi connectivity index (χ2n) is 4.45. The first-order valence-electron chi connectivity index (χ1n) is 5.88. The fourth-order valence-corrected chi connectivity index (χ4v) is 2.80. The Morgan fingerprint density at radius 1 is 1.53 bits per heavy atom. The van der Waals surface area contributed by atoms with Crippen LogP contribution in [0.5, 0.6) is 0 Å². The van der Waals surface area contributed by atoms with Crippen LogP contribution in [0.1, 0.15) is 18.9 Å². The molecule has 1 heterocycles. The number of halogens is 1. The number of ether oxygens (including phenoxy) is 1. The Morgan fingerprint density at radius 3 is 2.88 bits per heavy atom. The maximum Gasteiger partial charge on any atom is 0.0750 e. The summed E-state index contributed by atoms with van der Waals surface area (Å²) in [7, 11) is 2.01. The molecule has 1 aromatic carbocycles. The zero-order valence-electron chi connectivity index (χ0n) is 10.2. The number of likely N-dealkylation sites (N-methyl/N-ethyl adjacent to an activating group) is 1. The molecule has 1 fully saturated rings. The molecule has 3 nitrogen and oxygen atoms in total. The van der Waals surface area contributed by atoms with Crippen LogP contribution in [0.25, 0.3) is 0 Å². The lowest BCUT2D eigenvalue weighted by Crippen LogP contribution is -2.37. The summed E-state index contributed by atoms with van der Waals surface area (Å²) >= 11 is 6.24. The van der Waals surface area contributed by atoms with Gasteiger partial charge in [0.15, 0.2) is 0 Å². The van der Waals surface area contributed by atoms with Crippen molar-refractivity contribution < 1.29 is 9.84 Å². The molecule has 1 N–H and O–H groups in total. The van der Waals surface area contributed by atoms with Gasteiger partial charge in [-0.3, -0.25) is 0 Å². The molecule has 0 radical (unpaired) electrons. The number of hydrogen-bond donors (Lipinski definition) is 1. The number of nitrogens with zero attached hydrogens (tertiary/aromatic N) is 1. The lowest BCUT2D eigenvalue weighted by molar-refractivity contribution is 0.118. The second-order valence-corrected chi connectivity index (χ2v) is 4.86. The van der Waals surface area contributed by atoms with Gasteiger partial charge in [0.1, 0.15) is 0 Å². The van der Waals surface area contributed by atoms with Gasteiger partial charge in [0.2, 0.25) is 0 Å². The van der Waals surface area contributed by atoms with Crippen LogP contribution in [0.3, 0.4) is 0 Å². The van der Waals surface area contributed by atoms with E-state index in [0.29, 0.717) is 11.1 Å². The van der Waals surface area contributed by atoms with Gasteiger partial charge < -0.3 is 14.7 Å². The Bertz CT molecular complexity index is 397. The fourth-order valence-electron chi connectivity index (χ4n) is 2.48. The van der Waals surface area contributed by atoms with E-state index in [0.717, 1.165) is 24.3 Å². The molecule has 2 atom stereocenters. The zero-order chi connectivity index (χ0) is 12.4. The second kappa shape index (κ2) is 5.25. The summed E-state index contributed by atoms with van der Waals surface area (Å²) < 4.78 is 5.57. The summed E-state index contributed by atoms with van der Waals surface area (Å²) in [5, 5.41) is 10.1. The van der Waals surface area contributed by atoms with Crippen molar-refractivity contribution in [2.45, 2.75) is 32.1 Å². The highest BCUT2D eigenvalue weighted by Gasteiger charge is 2.29. The van der Waals surface area contributed by atoms with Crippen LogP contribution in [-0.2, 0) is 11.3 Å². The smallest absolute Gasteiger partial charge is 0.0750 e. The van der Waals surface area contributed by atoms with Crippen molar-refractivity contribution in [2.75, 3.05) is 18.6 Å². The number of aliphatic hydroxyl groups excluding tert-OH is 1. The maximum atomic E-state index is 9.38. The molecule has 17 heavy (non-hydrogen) atoms. The largest absolute Gasteiger partial charge is 0.392 e. The van der Waals surface area contributed by atoms with Crippen molar-refractivity contribution in [3.63, 3.8) is 0 Å². The normalized spacial score (nSPS) is 24.0. The Labute approximate surface area is 107 Å². The van der Waals surface area contributed by atoms with Crippen LogP contribution >= 0.6 is 11.6 Å². The maximum absolute atomic E-state index is 9.38. The number of anilines is 1. The summed E-state index contributed by atoms with van der Waals surface area (Å²) in [5.74, 6) is 0. The van der Waals surface area contributed by atoms with Gasteiger partial charge in [0.25, 0.3) is 0 Å². The molecule has 1 aliphatic heterocycles. The predicted molar refractivity (Wildman–Crippen MR) is 69.6 cm³/mol. The van der Waals surface area contributed by atoms with E-state index in [-0.39, 0.29) is 12.7 Å². The molecule has 1 aromatic rings. The van der Waals surface area contributed by atoms with Crippen molar-refractivity contribution in [1.29, 1.82) is 0 Å². The third-order valence-electron chi connectivity index (χ3n) is 3.43. The van der Waals surface area contributed by atoms with Gasteiger partial charge in [0, 0.05) is 19.2 Å². The van der Waals surface area contributed by atoms with Crippen molar-refractivity contribution in [3.05, 3.63) is 28.8 Å². The molecule has 0 saturated carbocycles. The Kier molecular flexibility index (Phi) is 3.92. The quantitative estimate of drug-likeness (QED) is 0.901. The van der Waals surface area contributed by atoms with Crippen LogP contribution in [0.15, 0.2) is 18.2 Å². The van der Waals surface area contributed by atoms with Crippen LogP contribution < -0.4 is 4.90 Å². The fraction of sp³-hybridized carbons (Fsp3) is 0.538. The molecule has 94 valence electrons. The van der Waals surface area contributed by atoms with Crippen molar-refractivity contribution in [3.8, 4) is 0 Å². The van der Waals surface area contributed by atoms with E-state index in [1.807, 2.05) is 25.2 Å². The highest BCUT2D eigenvalue weighted by molar-refractivity contribution is 6.33. The molecule has 4 heteroatoms. The van der Waals surface area contributed by atoms with Gasteiger partial charge in [-0.05, 0) is 19.4 Å². The molecule has 2 rings (SSSR count). The minimum absolute atomic E-state index is 0.00217. The topological polar surface area (TPSA) is 32.7 Å². The highest BCUT2D eigenvalue weighted by atomic mass is 35.5. The van der Waals surface area contributed by atoms with E-state index in [2.05, 4.69) is 11.8 Å². The SMILES string of the molecule is CC1OCCC1N(C)c1c(Cl)cccc1CO. The molecular formula is C13H18ClNO2. The molecule has 1 saturated heterocycles. The summed E-state index contributed by atoms with van der Waals surface area (Å²) in [6.45, 7) is 2.86. The van der Waals surface area contributed by atoms with Gasteiger partial charge in [-0.1, -0.05) is 23.7 Å². The Morgan fingerprint density at radius 2 is 2.29 bits per heavy atom. The predicted octanol–water partition coefficient (Wildman–Crippen LogP) is 2.45. The van der Waals surface area contributed by atoms with Gasteiger partial charge >= 0.3 is 0 Å². The van der Waals surface area contributed by atoms with Crippen LogP contribution in [0, 0.1) is 0 Å². The first kappa shape index (κ1) is 12.7. The molecule has 1 aliphatic rings.